The van der Waals surface area contributed by atoms with Crippen LogP contribution in [-0.2, 0) is 9.59 Å². The van der Waals surface area contributed by atoms with E-state index in [1.165, 1.54) is 21.6 Å². The molecule has 2 aromatic rings. The first kappa shape index (κ1) is 17.0. The zero-order valence-electron chi connectivity index (χ0n) is 11.7. The monoisotopic (exact) mass is 355 g/mol. The first-order chi connectivity index (χ1) is 11.1. The fourth-order valence-electron chi connectivity index (χ4n) is 1.39. The summed E-state index contributed by atoms with van der Waals surface area (Å²) >= 11 is 0. The van der Waals surface area contributed by atoms with Gasteiger partial charge < -0.3 is 20.4 Å². The molecule has 2 heterocycles. The Labute approximate surface area is 139 Å². The average molecular weight is 355 g/mol. The molecule has 0 radical (unpaired) electrons. The van der Waals surface area contributed by atoms with Crippen LogP contribution in [0.15, 0.2) is 41.6 Å². The van der Waals surface area contributed by atoms with Crippen LogP contribution in [0.4, 0.5) is 0 Å². The molecule has 2 aromatic heterocycles. The van der Waals surface area contributed by atoms with Crippen molar-refractivity contribution >= 4 is 33.5 Å². The Morgan fingerprint density at radius 1 is 1.22 bits per heavy atom. The number of hydrogen-bond donors (Lipinski definition) is 3. The molecule has 0 aliphatic heterocycles. The number of nitrogens with one attached hydrogen (secondary N) is 1. The highest BCUT2D eigenvalue weighted by Gasteiger charge is 2.13. The molecule has 0 aliphatic rings. The lowest BCUT2D eigenvalue weighted by Gasteiger charge is -2.07. The van der Waals surface area contributed by atoms with E-state index >= 15 is 0 Å². The lowest BCUT2D eigenvalue weighted by Crippen LogP contribution is -2.35. The van der Waals surface area contributed by atoms with Gasteiger partial charge in [0, 0.05) is 18.3 Å². The van der Waals surface area contributed by atoms with Crippen LogP contribution in [0.1, 0.15) is 0 Å². The van der Waals surface area contributed by atoms with Gasteiger partial charge >= 0.3 is 5.97 Å². The zero-order valence-corrected chi connectivity index (χ0v) is 13.3. The van der Waals surface area contributed by atoms with Crippen LogP contribution in [0.5, 0.6) is 11.8 Å². The van der Waals surface area contributed by atoms with Gasteiger partial charge in [0.25, 0.3) is 0 Å². The van der Waals surface area contributed by atoms with Crippen LogP contribution >= 0.6 is 21.6 Å². The van der Waals surface area contributed by atoms with E-state index in [4.69, 9.17) is 0 Å². The molecule has 0 spiro atoms. The van der Waals surface area contributed by atoms with E-state index in [2.05, 4.69) is 15.1 Å². The van der Waals surface area contributed by atoms with Gasteiger partial charge in [0.05, 0.1) is 5.75 Å². The minimum atomic E-state index is -0.831. The molecule has 2 rings (SSSR count). The average Bonchev–Trinajstić information content (AvgIpc) is 2.86. The lowest BCUT2D eigenvalue weighted by molar-refractivity contribution is -0.145. The van der Waals surface area contributed by atoms with E-state index in [0.717, 1.165) is 17.2 Å². The second-order valence-electron chi connectivity index (χ2n) is 4.10. The number of hydrogen-bond acceptors (Lipinski definition) is 8. The molecule has 0 fully saturated rings. The van der Waals surface area contributed by atoms with Crippen LogP contribution in [0.25, 0.3) is 0 Å². The van der Waals surface area contributed by atoms with Gasteiger partial charge in [0.2, 0.25) is 17.7 Å². The van der Waals surface area contributed by atoms with Crippen LogP contribution in [0.2, 0.25) is 0 Å². The van der Waals surface area contributed by atoms with Gasteiger partial charge in [-0.3, -0.25) is 4.79 Å². The molecule has 8 nitrogen and oxygen atoms in total. The molecule has 0 aliphatic carbocycles. The van der Waals surface area contributed by atoms with Crippen molar-refractivity contribution in [1.29, 1.82) is 0 Å². The summed E-state index contributed by atoms with van der Waals surface area (Å²) < 4.78 is 0.556. The summed E-state index contributed by atoms with van der Waals surface area (Å²) in [5.41, 5.74) is 0. The highest BCUT2D eigenvalue weighted by atomic mass is 33.1. The maximum atomic E-state index is 11.6. The number of aromatic nitrogens is 2. The maximum absolute atomic E-state index is 11.6. The Kier molecular flexibility index (Phi) is 6.18. The summed E-state index contributed by atoms with van der Waals surface area (Å²) in [6.45, 7) is -0.384. The van der Waals surface area contributed by atoms with Gasteiger partial charge in [0.1, 0.15) is 11.6 Å². The number of aromatic hydroxyl groups is 2. The van der Waals surface area contributed by atoms with Crippen molar-refractivity contribution in [3.8, 4) is 11.8 Å². The van der Waals surface area contributed by atoms with Gasteiger partial charge in [-0.15, -0.1) is 4.73 Å². The molecule has 0 bridgehead atoms. The van der Waals surface area contributed by atoms with Gasteiger partial charge in [-0.2, -0.15) is 0 Å². The molecular weight excluding hydrogens is 342 g/mol. The molecule has 0 saturated carbocycles. The molecule has 10 heteroatoms. The van der Waals surface area contributed by atoms with Crippen molar-refractivity contribution in [2.75, 3.05) is 12.3 Å². The third-order valence-corrected chi connectivity index (χ3v) is 4.52. The van der Waals surface area contributed by atoms with Crippen LogP contribution < -0.4 is 10.2 Å². The minimum Gasteiger partial charge on any atom is -0.492 e. The number of amides is 1. The summed E-state index contributed by atoms with van der Waals surface area (Å²) in [5, 5.41) is 21.8. The van der Waals surface area contributed by atoms with Crippen LogP contribution in [-0.4, -0.2) is 44.1 Å². The highest BCUT2D eigenvalue weighted by molar-refractivity contribution is 8.76. The molecule has 0 atom stereocenters. The van der Waals surface area contributed by atoms with E-state index in [0.29, 0.717) is 4.73 Å². The third-order valence-electron chi connectivity index (χ3n) is 2.39. The fraction of sp³-hybridized carbons (Fsp3) is 0.154. The second kappa shape index (κ2) is 8.34. The van der Waals surface area contributed by atoms with E-state index in [1.807, 2.05) is 12.1 Å². The van der Waals surface area contributed by atoms with Crippen molar-refractivity contribution in [1.82, 2.24) is 15.0 Å². The third kappa shape index (κ3) is 5.42. The maximum Gasteiger partial charge on any atom is 0.352 e. The molecule has 23 heavy (non-hydrogen) atoms. The first-order valence-electron chi connectivity index (χ1n) is 6.34. The van der Waals surface area contributed by atoms with Crippen molar-refractivity contribution < 1.29 is 24.6 Å². The predicted octanol–water partition coefficient (Wildman–Crippen LogP) is 0.806. The zero-order chi connectivity index (χ0) is 16.7. The molecule has 3 N–H and O–H groups in total. The van der Waals surface area contributed by atoms with Gasteiger partial charge in [0.15, 0.2) is 0 Å². The highest BCUT2D eigenvalue weighted by Crippen LogP contribution is 2.28. The number of carbonyl (C=O) groups excluding carboxylic acids is 2. The summed E-state index contributed by atoms with van der Waals surface area (Å²) in [6.07, 6.45) is 1.66. The Hall–Kier alpha value is -2.33. The fourth-order valence-corrected chi connectivity index (χ4v) is 3.17. The number of pyridine rings is 1. The van der Waals surface area contributed by atoms with Crippen molar-refractivity contribution in [2.45, 2.75) is 5.03 Å². The lowest BCUT2D eigenvalue weighted by atomic mass is 10.5. The SMILES string of the molecule is O=C(CSSc1ccccn1)NCC(=O)On1c(O)ccc1O. The predicted molar refractivity (Wildman–Crippen MR) is 84.9 cm³/mol. The summed E-state index contributed by atoms with van der Waals surface area (Å²) in [5.74, 6) is -1.90. The topological polar surface area (TPSA) is 114 Å². The van der Waals surface area contributed by atoms with E-state index < -0.39 is 17.7 Å². The van der Waals surface area contributed by atoms with E-state index in [-0.39, 0.29) is 18.2 Å². The Balaban J connectivity index is 1.67. The smallest absolute Gasteiger partial charge is 0.352 e. The molecular formula is C13H13N3O5S2. The summed E-state index contributed by atoms with van der Waals surface area (Å²) in [6, 6.07) is 7.79. The molecule has 0 saturated heterocycles. The molecule has 0 unspecified atom stereocenters. The Morgan fingerprint density at radius 2 is 1.96 bits per heavy atom. The number of rotatable bonds is 7. The van der Waals surface area contributed by atoms with Crippen molar-refractivity contribution in [2.24, 2.45) is 0 Å². The van der Waals surface area contributed by atoms with E-state index in [1.54, 1.807) is 12.3 Å². The van der Waals surface area contributed by atoms with Crippen molar-refractivity contribution in [3.05, 3.63) is 36.5 Å². The standard InChI is InChI=1S/C13H13N3O5S2/c17-9(8-22-23-10-3-1-2-6-14-10)15-7-13(20)21-16-11(18)4-5-12(16)19/h1-6,18-19H,7-8H2,(H,15,17). The Morgan fingerprint density at radius 3 is 2.61 bits per heavy atom. The van der Waals surface area contributed by atoms with E-state index in [9.17, 15) is 19.8 Å². The largest absolute Gasteiger partial charge is 0.492 e. The number of carbonyl (C=O) groups is 2. The normalized spacial score (nSPS) is 10.3. The number of nitrogens with zero attached hydrogens (tertiary/aromatic N) is 2. The van der Waals surface area contributed by atoms with Gasteiger partial charge in [-0.05, 0) is 22.9 Å². The summed E-state index contributed by atoms with van der Waals surface area (Å²) in [7, 11) is 2.63. The quantitative estimate of drug-likeness (QED) is 0.625. The first-order valence-corrected chi connectivity index (χ1v) is 8.66. The molecule has 0 aromatic carbocycles. The summed E-state index contributed by atoms with van der Waals surface area (Å²) in [4.78, 5) is 31.9. The van der Waals surface area contributed by atoms with Crippen molar-refractivity contribution in [3.63, 3.8) is 0 Å². The van der Waals surface area contributed by atoms with Gasteiger partial charge in [-0.25, -0.2) is 9.78 Å². The van der Waals surface area contributed by atoms with Gasteiger partial charge in [-0.1, -0.05) is 16.9 Å². The second-order valence-corrected chi connectivity index (χ2v) is 6.41. The van der Waals surface area contributed by atoms with Crippen LogP contribution in [0, 0.1) is 0 Å². The van der Waals surface area contributed by atoms with Crippen LogP contribution in [0.3, 0.4) is 0 Å². The molecule has 122 valence electrons. The molecule has 1 amide bonds. The Bertz CT molecular complexity index is 658. The minimum absolute atomic E-state index is 0.133.